The molecule has 0 aromatic heterocycles. The predicted molar refractivity (Wildman–Crippen MR) is 74.5 cm³/mol. The predicted octanol–water partition coefficient (Wildman–Crippen LogP) is 1.43. The number of carbonyl (C=O) groups excluding carboxylic acids is 2. The largest absolute Gasteiger partial charge is 0.481 e. The highest BCUT2D eigenvalue weighted by atomic mass is 16.5. The third-order valence-corrected chi connectivity index (χ3v) is 4.69. The fraction of sp³-hybridized carbons (Fsp3) is 0.800. The van der Waals surface area contributed by atoms with Crippen molar-refractivity contribution >= 4 is 17.8 Å². The van der Waals surface area contributed by atoms with Gasteiger partial charge in [-0.1, -0.05) is 6.42 Å². The minimum atomic E-state index is -0.882. The van der Waals surface area contributed by atoms with Crippen LogP contribution < -0.4 is 0 Å². The molecule has 1 aliphatic carbocycles. The molecule has 2 aliphatic rings. The summed E-state index contributed by atoms with van der Waals surface area (Å²) in [6.07, 6.45) is 4.87. The molecule has 6 nitrogen and oxygen atoms in total. The molecule has 0 bridgehead atoms. The maximum absolute atomic E-state index is 12.7. The topological polar surface area (TPSA) is 83.9 Å². The molecule has 1 saturated heterocycles. The number of aliphatic carboxylic acids is 1. The van der Waals surface area contributed by atoms with Gasteiger partial charge in [0.05, 0.1) is 25.4 Å². The molecule has 0 aromatic rings. The van der Waals surface area contributed by atoms with Crippen LogP contribution in [0.25, 0.3) is 0 Å². The van der Waals surface area contributed by atoms with Gasteiger partial charge in [-0.25, -0.2) is 0 Å². The van der Waals surface area contributed by atoms with Gasteiger partial charge in [-0.15, -0.1) is 0 Å². The van der Waals surface area contributed by atoms with Crippen molar-refractivity contribution in [2.45, 2.75) is 51.0 Å². The molecule has 2 rings (SSSR count). The standard InChI is InChI=1S/C15H23NO5/c1-21-13(17)9-10-5-2-3-8-16(10)14(18)11-6-4-7-12(11)15(19)20/h10-12H,2-9H2,1H3,(H,19,20)/t10?,11-,12+/m1/s1. The first kappa shape index (κ1) is 15.8. The third-order valence-electron chi connectivity index (χ3n) is 4.69. The number of hydrogen-bond acceptors (Lipinski definition) is 4. The highest BCUT2D eigenvalue weighted by Crippen LogP contribution is 2.35. The van der Waals surface area contributed by atoms with Crippen molar-refractivity contribution in [3.8, 4) is 0 Å². The molecule has 1 unspecified atom stereocenters. The van der Waals surface area contributed by atoms with Gasteiger partial charge in [0.1, 0.15) is 0 Å². The van der Waals surface area contributed by atoms with E-state index in [1.807, 2.05) is 0 Å². The van der Waals surface area contributed by atoms with E-state index in [0.717, 1.165) is 25.7 Å². The number of nitrogens with zero attached hydrogens (tertiary/aromatic N) is 1. The Morgan fingerprint density at radius 2 is 1.81 bits per heavy atom. The highest BCUT2D eigenvalue weighted by Gasteiger charge is 2.41. The fourth-order valence-electron chi connectivity index (χ4n) is 3.54. The van der Waals surface area contributed by atoms with E-state index < -0.39 is 17.8 Å². The van der Waals surface area contributed by atoms with Crippen LogP contribution in [-0.2, 0) is 19.1 Å². The van der Waals surface area contributed by atoms with E-state index in [0.29, 0.717) is 19.4 Å². The van der Waals surface area contributed by atoms with Gasteiger partial charge >= 0.3 is 11.9 Å². The van der Waals surface area contributed by atoms with Gasteiger partial charge in [-0.05, 0) is 32.1 Å². The number of esters is 1. The lowest BCUT2D eigenvalue weighted by Crippen LogP contribution is -2.48. The normalized spacial score (nSPS) is 29.2. The van der Waals surface area contributed by atoms with Gasteiger partial charge in [-0.3, -0.25) is 14.4 Å². The summed E-state index contributed by atoms with van der Waals surface area (Å²) < 4.78 is 4.69. The Hall–Kier alpha value is -1.59. The molecule has 1 saturated carbocycles. The van der Waals surface area contributed by atoms with E-state index in [2.05, 4.69) is 0 Å². The number of carboxylic acid groups (broad SMARTS) is 1. The van der Waals surface area contributed by atoms with Crippen LogP contribution in [0, 0.1) is 11.8 Å². The number of carboxylic acids is 1. The minimum absolute atomic E-state index is 0.0893. The Balaban J connectivity index is 2.07. The monoisotopic (exact) mass is 297 g/mol. The Morgan fingerprint density at radius 3 is 2.48 bits per heavy atom. The van der Waals surface area contributed by atoms with Crippen molar-refractivity contribution < 1.29 is 24.2 Å². The van der Waals surface area contributed by atoms with Gasteiger partial charge in [0.15, 0.2) is 0 Å². The van der Waals surface area contributed by atoms with Crippen molar-refractivity contribution in [3.05, 3.63) is 0 Å². The molecule has 3 atom stereocenters. The fourth-order valence-corrected chi connectivity index (χ4v) is 3.54. The van der Waals surface area contributed by atoms with Crippen LogP contribution in [0.3, 0.4) is 0 Å². The zero-order valence-electron chi connectivity index (χ0n) is 12.4. The summed E-state index contributed by atoms with van der Waals surface area (Å²) in [7, 11) is 1.34. The minimum Gasteiger partial charge on any atom is -0.481 e. The first-order valence-corrected chi connectivity index (χ1v) is 7.64. The molecule has 6 heteroatoms. The second-order valence-electron chi connectivity index (χ2n) is 5.94. The van der Waals surface area contributed by atoms with Crippen LogP contribution in [0.1, 0.15) is 44.9 Å². The second kappa shape index (κ2) is 6.91. The molecule has 0 spiro atoms. The molecule has 118 valence electrons. The second-order valence-corrected chi connectivity index (χ2v) is 5.94. The van der Waals surface area contributed by atoms with E-state index >= 15 is 0 Å². The summed E-state index contributed by atoms with van der Waals surface area (Å²) >= 11 is 0. The molecule has 2 fully saturated rings. The van der Waals surface area contributed by atoms with E-state index in [1.165, 1.54) is 7.11 Å². The molecular formula is C15H23NO5. The van der Waals surface area contributed by atoms with E-state index in [9.17, 15) is 19.5 Å². The number of rotatable bonds is 4. The van der Waals surface area contributed by atoms with Crippen molar-refractivity contribution in [3.63, 3.8) is 0 Å². The molecule has 1 amide bonds. The summed E-state index contributed by atoms with van der Waals surface area (Å²) in [6, 6.07) is -0.145. The van der Waals surface area contributed by atoms with Gasteiger partial charge in [0.2, 0.25) is 5.91 Å². The number of methoxy groups -OCH3 is 1. The zero-order chi connectivity index (χ0) is 15.4. The van der Waals surface area contributed by atoms with E-state index in [-0.39, 0.29) is 24.3 Å². The molecule has 1 N–H and O–H groups in total. The molecular weight excluding hydrogens is 274 g/mol. The van der Waals surface area contributed by atoms with Gasteiger partial charge in [-0.2, -0.15) is 0 Å². The van der Waals surface area contributed by atoms with Crippen molar-refractivity contribution in [1.29, 1.82) is 0 Å². The maximum atomic E-state index is 12.7. The van der Waals surface area contributed by atoms with Crippen LogP contribution >= 0.6 is 0 Å². The number of ether oxygens (including phenoxy) is 1. The molecule has 1 aliphatic heterocycles. The summed E-state index contributed by atoms with van der Waals surface area (Å²) in [5.41, 5.74) is 0. The van der Waals surface area contributed by atoms with Crippen LogP contribution in [0.5, 0.6) is 0 Å². The number of amides is 1. The lowest BCUT2D eigenvalue weighted by molar-refractivity contribution is -0.152. The van der Waals surface area contributed by atoms with Gasteiger partial charge in [0.25, 0.3) is 0 Å². The SMILES string of the molecule is COC(=O)CC1CCCCN1C(=O)[C@@H]1CCC[C@@H]1C(=O)O. The number of piperidine rings is 1. The molecule has 21 heavy (non-hydrogen) atoms. The highest BCUT2D eigenvalue weighted by molar-refractivity contribution is 5.86. The Morgan fingerprint density at radius 1 is 1.10 bits per heavy atom. The summed E-state index contributed by atoms with van der Waals surface area (Å²) in [5, 5.41) is 9.24. The van der Waals surface area contributed by atoms with Crippen molar-refractivity contribution in [1.82, 2.24) is 4.90 Å². The summed E-state index contributed by atoms with van der Waals surface area (Å²) in [5.74, 6) is -2.29. The average Bonchev–Trinajstić information content (AvgIpc) is 2.96. The van der Waals surface area contributed by atoms with Crippen molar-refractivity contribution in [2.24, 2.45) is 11.8 Å². The average molecular weight is 297 g/mol. The van der Waals surface area contributed by atoms with Crippen LogP contribution in [0.2, 0.25) is 0 Å². The Labute approximate surface area is 124 Å². The Kier molecular flexibility index (Phi) is 5.20. The molecule has 0 aromatic carbocycles. The first-order valence-electron chi connectivity index (χ1n) is 7.64. The van der Waals surface area contributed by atoms with Gasteiger partial charge in [0, 0.05) is 12.6 Å². The number of likely N-dealkylation sites (tertiary alicyclic amines) is 1. The quantitative estimate of drug-likeness (QED) is 0.794. The Bertz CT molecular complexity index is 422. The molecule has 0 radical (unpaired) electrons. The first-order chi connectivity index (χ1) is 10.0. The van der Waals surface area contributed by atoms with Crippen LogP contribution in [-0.4, -0.2) is 47.5 Å². The smallest absolute Gasteiger partial charge is 0.307 e. The van der Waals surface area contributed by atoms with Crippen LogP contribution in [0.15, 0.2) is 0 Å². The van der Waals surface area contributed by atoms with Gasteiger partial charge < -0.3 is 14.7 Å². The lowest BCUT2D eigenvalue weighted by Gasteiger charge is -2.37. The maximum Gasteiger partial charge on any atom is 0.307 e. The summed E-state index contributed by atoms with van der Waals surface area (Å²) in [6.45, 7) is 0.614. The summed E-state index contributed by atoms with van der Waals surface area (Å²) in [4.78, 5) is 37.2. The number of hydrogen-bond donors (Lipinski definition) is 1. The van der Waals surface area contributed by atoms with Crippen molar-refractivity contribution in [2.75, 3.05) is 13.7 Å². The van der Waals surface area contributed by atoms with E-state index in [1.54, 1.807) is 4.90 Å². The lowest BCUT2D eigenvalue weighted by atomic mass is 9.91. The third kappa shape index (κ3) is 3.54. The molecule has 1 heterocycles. The van der Waals surface area contributed by atoms with E-state index in [4.69, 9.17) is 4.74 Å². The zero-order valence-corrected chi connectivity index (χ0v) is 12.4. The van der Waals surface area contributed by atoms with Crippen LogP contribution in [0.4, 0.5) is 0 Å². The number of carbonyl (C=O) groups is 3.